The van der Waals surface area contributed by atoms with Crippen LogP contribution in [0.15, 0.2) is 36.5 Å². The second kappa shape index (κ2) is 5.06. The quantitative estimate of drug-likeness (QED) is 0.566. The van der Waals surface area contributed by atoms with Crippen molar-refractivity contribution >= 4 is 22.4 Å². The molecule has 0 saturated heterocycles. The molecule has 0 unspecified atom stereocenters. The van der Waals surface area contributed by atoms with Crippen LogP contribution in [0.2, 0.25) is 0 Å². The van der Waals surface area contributed by atoms with E-state index >= 15 is 0 Å². The van der Waals surface area contributed by atoms with Crippen LogP contribution in [-0.2, 0) is 11.3 Å². The highest BCUT2D eigenvalue weighted by molar-refractivity contribution is 5.88. The molecule has 3 rings (SSSR count). The van der Waals surface area contributed by atoms with Crippen molar-refractivity contribution in [3.05, 3.63) is 36.5 Å². The summed E-state index contributed by atoms with van der Waals surface area (Å²) in [5.41, 5.74) is 7.72. The Kier molecular flexibility index (Phi) is 3.66. The van der Waals surface area contributed by atoms with Gasteiger partial charge in [-0.15, -0.1) is 0 Å². The molecule has 94 valence electrons. The van der Waals surface area contributed by atoms with E-state index in [0.29, 0.717) is 18.2 Å². The highest BCUT2D eigenvalue weighted by Crippen LogP contribution is 2.29. The van der Waals surface area contributed by atoms with Crippen LogP contribution in [0.25, 0.3) is 10.9 Å². The Morgan fingerprint density at radius 3 is 2.78 bits per heavy atom. The monoisotopic (exact) mass is 306 g/mol. The molecule has 0 bridgehead atoms. The lowest BCUT2D eigenvalue weighted by molar-refractivity contribution is -0.658. The summed E-state index contributed by atoms with van der Waals surface area (Å²) in [4.78, 5) is 11.9. The Bertz CT molecular complexity index is 593. The molecule has 18 heavy (non-hydrogen) atoms. The number of carbonyl (C=O) groups is 1. The molecule has 0 atom stereocenters. The van der Waals surface area contributed by atoms with Crippen molar-refractivity contribution in [2.24, 2.45) is 5.92 Å². The lowest BCUT2D eigenvalue weighted by atomic mass is 10.1. The zero-order chi connectivity index (χ0) is 11.8. The van der Waals surface area contributed by atoms with Gasteiger partial charge in [0.1, 0.15) is 0 Å². The molecule has 0 aliphatic heterocycles. The van der Waals surface area contributed by atoms with Crippen molar-refractivity contribution in [3.63, 3.8) is 0 Å². The number of fused-ring (bicyclic) bond motifs is 1. The van der Waals surface area contributed by atoms with Gasteiger partial charge in [0.2, 0.25) is 17.8 Å². The SMILES string of the molecule is Nc1cccc2c1ccc[n+]2CC(=O)C1CC1.[Br-]. The summed E-state index contributed by atoms with van der Waals surface area (Å²) in [7, 11) is 0. The highest BCUT2D eigenvalue weighted by Gasteiger charge is 2.32. The van der Waals surface area contributed by atoms with Gasteiger partial charge in [0.15, 0.2) is 6.20 Å². The van der Waals surface area contributed by atoms with Gasteiger partial charge in [-0.2, -0.15) is 4.57 Å². The number of nitrogen functional groups attached to an aromatic ring is 1. The number of anilines is 1. The number of benzene rings is 1. The normalized spacial score (nSPS) is 14.2. The van der Waals surface area contributed by atoms with E-state index in [2.05, 4.69) is 0 Å². The van der Waals surface area contributed by atoms with Crippen LogP contribution < -0.4 is 27.3 Å². The van der Waals surface area contributed by atoms with Crippen molar-refractivity contribution in [1.29, 1.82) is 0 Å². The minimum Gasteiger partial charge on any atom is -1.00 e. The highest BCUT2D eigenvalue weighted by atomic mass is 79.9. The number of hydrogen-bond donors (Lipinski definition) is 1. The molecule has 3 nitrogen and oxygen atoms in total. The maximum absolute atomic E-state index is 11.9. The molecule has 1 saturated carbocycles. The third-order valence-corrected chi connectivity index (χ3v) is 3.31. The summed E-state index contributed by atoms with van der Waals surface area (Å²) in [6.45, 7) is 0.464. The average Bonchev–Trinajstić information content (AvgIpc) is 3.14. The minimum absolute atomic E-state index is 0. The third kappa shape index (κ3) is 2.38. The smallest absolute Gasteiger partial charge is 0.214 e. The van der Waals surface area contributed by atoms with E-state index in [1.54, 1.807) is 0 Å². The van der Waals surface area contributed by atoms with Gasteiger partial charge in [-0.1, -0.05) is 6.07 Å². The number of rotatable bonds is 3. The summed E-state index contributed by atoms with van der Waals surface area (Å²) in [5, 5.41) is 1.01. The molecule has 1 aromatic carbocycles. The lowest BCUT2D eigenvalue weighted by Gasteiger charge is -2.02. The maximum Gasteiger partial charge on any atom is 0.214 e. The van der Waals surface area contributed by atoms with Crippen LogP contribution >= 0.6 is 0 Å². The number of hydrogen-bond acceptors (Lipinski definition) is 2. The number of carbonyl (C=O) groups excluding carboxylic acids is 1. The number of halogens is 1. The molecule has 1 aromatic heterocycles. The van der Waals surface area contributed by atoms with Crippen molar-refractivity contribution in [1.82, 2.24) is 0 Å². The fourth-order valence-corrected chi connectivity index (χ4v) is 2.17. The second-order valence-electron chi connectivity index (χ2n) is 4.66. The molecular weight excluding hydrogens is 292 g/mol. The largest absolute Gasteiger partial charge is 1.00 e. The van der Waals surface area contributed by atoms with Gasteiger partial charge in [-0.25, -0.2) is 0 Å². The van der Waals surface area contributed by atoms with Crippen LogP contribution in [0.4, 0.5) is 5.69 Å². The Hall–Kier alpha value is -1.42. The first-order valence-corrected chi connectivity index (χ1v) is 5.95. The first-order valence-electron chi connectivity index (χ1n) is 5.95. The summed E-state index contributed by atoms with van der Waals surface area (Å²) in [6, 6.07) is 9.75. The standard InChI is InChI=1S/C14H14N2O.BrH/c15-12-4-1-5-13-11(12)3-2-8-16(13)9-14(17)10-6-7-10;/h1-5,8,10,15H,6-7,9H2;1H. The van der Waals surface area contributed by atoms with Gasteiger partial charge in [-0.3, -0.25) is 4.79 Å². The van der Waals surface area contributed by atoms with Crippen LogP contribution in [0.1, 0.15) is 12.8 Å². The number of nitrogens with zero attached hydrogens (tertiary/aromatic N) is 1. The molecule has 1 fully saturated rings. The lowest BCUT2D eigenvalue weighted by Crippen LogP contribution is -3.00. The fraction of sp³-hybridized carbons (Fsp3) is 0.286. The first kappa shape index (κ1) is 13.0. The summed E-state index contributed by atoms with van der Waals surface area (Å²) < 4.78 is 1.99. The van der Waals surface area contributed by atoms with Crippen LogP contribution in [-0.4, -0.2) is 5.78 Å². The van der Waals surface area contributed by atoms with E-state index in [0.717, 1.165) is 29.4 Å². The molecule has 0 spiro atoms. The fourth-order valence-electron chi connectivity index (χ4n) is 2.17. The zero-order valence-electron chi connectivity index (χ0n) is 9.97. The Morgan fingerprint density at radius 1 is 1.28 bits per heavy atom. The molecule has 1 heterocycles. The topological polar surface area (TPSA) is 47.0 Å². The number of nitrogens with two attached hydrogens (primary N) is 1. The van der Waals surface area contributed by atoms with Crippen LogP contribution in [0, 0.1) is 5.92 Å². The van der Waals surface area contributed by atoms with Gasteiger partial charge in [-0.05, 0) is 25.0 Å². The van der Waals surface area contributed by atoms with Crippen molar-refractivity contribution in [2.75, 3.05) is 5.73 Å². The Balaban J connectivity index is 0.00000120. The number of ketones is 1. The average molecular weight is 307 g/mol. The molecule has 2 aromatic rings. The van der Waals surface area contributed by atoms with E-state index in [1.807, 2.05) is 41.1 Å². The van der Waals surface area contributed by atoms with Crippen LogP contribution in [0.3, 0.4) is 0 Å². The van der Waals surface area contributed by atoms with Crippen molar-refractivity contribution in [2.45, 2.75) is 19.4 Å². The van der Waals surface area contributed by atoms with Gasteiger partial charge in [0.25, 0.3) is 0 Å². The summed E-state index contributed by atoms with van der Waals surface area (Å²) in [6.07, 6.45) is 4.07. The summed E-state index contributed by atoms with van der Waals surface area (Å²) in [5.74, 6) is 0.642. The molecule has 0 radical (unpaired) electrons. The number of aromatic nitrogens is 1. The number of pyridine rings is 1. The molecule has 2 N–H and O–H groups in total. The molecule has 1 aliphatic rings. The van der Waals surface area contributed by atoms with Crippen molar-refractivity contribution < 1.29 is 26.3 Å². The van der Waals surface area contributed by atoms with Crippen molar-refractivity contribution in [3.8, 4) is 0 Å². The molecule has 4 heteroatoms. The van der Waals surface area contributed by atoms with E-state index in [1.165, 1.54) is 0 Å². The van der Waals surface area contributed by atoms with Gasteiger partial charge >= 0.3 is 0 Å². The predicted octanol–water partition coefficient (Wildman–Crippen LogP) is -1.31. The molecule has 1 aliphatic carbocycles. The van der Waals surface area contributed by atoms with Gasteiger partial charge in [0, 0.05) is 23.7 Å². The zero-order valence-corrected chi connectivity index (χ0v) is 11.6. The Labute approximate surface area is 116 Å². The van der Waals surface area contributed by atoms with Gasteiger partial charge in [0.05, 0.1) is 5.39 Å². The summed E-state index contributed by atoms with van der Waals surface area (Å²) >= 11 is 0. The third-order valence-electron chi connectivity index (χ3n) is 3.31. The molecular formula is C14H15BrN2O. The number of Topliss-reactive ketones (excluding diaryl/α,β-unsaturated/α-hetero) is 1. The van der Waals surface area contributed by atoms with Gasteiger partial charge < -0.3 is 22.7 Å². The molecule has 0 amide bonds. The minimum atomic E-state index is 0. The van der Waals surface area contributed by atoms with E-state index < -0.39 is 0 Å². The predicted molar refractivity (Wildman–Crippen MR) is 66.3 cm³/mol. The van der Waals surface area contributed by atoms with E-state index in [9.17, 15) is 4.79 Å². The van der Waals surface area contributed by atoms with E-state index in [4.69, 9.17) is 5.73 Å². The maximum atomic E-state index is 11.9. The van der Waals surface area contributed by atoms with E-state index in [-0.39, 0.29) is 17.0 Å². The first-order chi connectivity index (χ1) is 8.25. The Morgan fingerprint density at radius 2 is 2.06 bits per heavy atom. The van der Waals surface area contributed by atoms with Crippen LogP contribution in [0.5, 0.6) is 0 Å². The second-order valence-corrected chi connectivity index (χ2v) is 4.66.